The summed E-state index contributed by atoms with van der Waals surface area (Å²) in [5.74, 6) is -0.594. The summed E-state index contributed by atoms with van der Waals surface area (Å²) in [6.07, 6.45) is 0. The summed E-state index contributed by atoms with van der Waals surface area (Å²) < 4.78 is 7.15. The molecule has 0 saturated heterocycles. The molecule has 1 N–H and O–H groups in total. The number of fused-ring (bicyclic) bond motifs is 1. The lowest BCUT2D eigenvalue weighted by atomic mass is 10.1. The molecule has 5 nitrogen and oxygen atoms in total. The normalized spacial score (nSPS) is 11.0. The van der Waals surface area contributed by atoms with Crippen LogP contribution >= 0.6 is 0 Å². The van der Waals surface area contributed by atoms with Crippen molar-refractivity contribution in [1.29, 1.82) is 0 Å². The van der Waals surface area contributed by atoms with Gasteiger partial charge in [-0.1, -0.05) is 0 Å². The number of hydrogen-bond donors (Lipinski definition) is 1. The monoisotopic (exact) mass is 275 g/mol. The molecule has 1 aromatic heterocycles. The van der Waals surface area contributed by atoms with Gasteiger partial charge in [-0.2, -0.15) is 0 Å². The predicted molar refractivity (Wildman–Crippen MR) is 76.7 cm³/mol. The van der Waals surface area contributed by atoms with Gasteiger partial charge >= 0.3 is 5.97 Å². The van der Waals surface area contributed by atoms with Gasteiger partial charge in [0.1, 0.15) is 5.75 Å². The molecule has 106 valence electrons. The van der Waals surface area contributed by atoms with Crippen molar-refractivity contribution in [3.8, 4) is 5.75 Å². The van der Waals surface area contributed by atoms with E-state index in [-0.39, 0.29) is 17.2 Å². The van der Waals surface area contributed by atoms with Crippen LogP contribution in [0, 0.1) is 0 Å². The van der Waals surface area contributed by atoms with E-state index in [1.165, 1.54) is 12.1 Å². The second-order valence-corrected chi connectivity index (χ2v) is 4.79. The third kappa shape index (κ3) is 2.39. The van der Waals surface area contributed by atoms with Gasteiger partial charge in [0, 0.05) is 17.5 Å². The third-order valence-electron chi connectivity index (χ3n) is 3.05. The highest BCUT2D eigenvalue weighted by Crippen LogP contribution is 2.28. The Kier molecular flexibility index (Phi) is 3.79. The highest BCUT2D eigenvalue weighted by molar-refractivity contribution is 5.96. The van der Waals surface area contributed by atoms with Crippen molar-refractivity contribution in [1.82, 2.24) is 4.57 Å². The van der Waals surface area contributed by atoms with Crippen molar-refractivity contribution in [2.45, 2.75) is 26.8 Å². The zero-order valence-electron chi connectivity index (χ0n) is 11.7. The Bertz CT molecular complexity index is 716. The van der Waals surface area contributed by atoms with Crippen molar-refractivity contribution >= 4 is 16.9 Å². The van der Waals surface area contributed by atoms with Crippen LogP contribution in [0.5, 0.6) is 5.75 Å². The van der Waals surface area contributed by atoms with Crippen LogP contribution in [-0.4, -0.2) is 22.2 Å². The van der Waals surface area contributed by atoms with Crippen LogP contribution in [0.2, 0.25) is 0 Å². The number of carbonyl (C=O) groups is 1. The van der Waals surface area contributed by atoms with Crippen molar-refractivity contribution in [2.24, 2.45) is 0 Å². The molecule has 0 aliphatic heterocycles. The molecule has 0 radical (unpaired) electrons. The molecule has 0 unspecified atom stereocenters. The first-order chi connectivity index (χ1) is 9.45. The number of aromatic carboxylic acids is 1. The Morgan fingerprint density at radius 3 is 2.60 bits per heavy atom. The maximum Gasteiger partial charge on any atom is 0.335 e. The number of carboxylic acid groups (broad SMARTS) is 1. The predicted octanol–water partition coefficient (Wildman–Crippen LogP) is 2.68. The Morgan fingerprint density at radius 1 is 1.35 bits per heavy atom. The van der Waals surface area contributed by atoms with E-state index in [4.69, 9.17) is 9.84 Å². The van der Waals surface area contributed by atoms with Gasteiger partial charge in [-0.25, -0.2) is 4.79 Å². The van der Waals surface area contributed by atoms with Gasteiger partial charge in [0.15, 0.2) is 0 Å². The second kappa shape index (κ2) is 5.36. The van der Waals surface area contributed by atoms with Crippen LogP contribution < -0.4 is 10.3 Å². The minimum atomic E-state index is -1.02. The summed E-state index contributed by atoms with van der Waals surface area (Å²) in [5, 5.41) is 9.83. The van der Waals surface area contributed by atoms with Crippen LogP contribution in [0.4, 0.5) is 0 Å². The van der Waals surface area contributed by atoms with E-state index >= 15 is 0 Å². The molecule has 5 heteroatoms. The maximum absolute atomic E-state index is 12.0. The van der Waals surface area contributed by atoms with E-state index in [1.54, 1.807) is 16.7 Å². The van der Waals surface area contributed by atoms with Crippen LogP contribution in [-0.2, 0) is 0 Å². The largest absolute Gasteiger partial charge is 0.492 e. The average molecular weight is 275 g/mol. The third-order valence-corrected chi connectivity index (χ3v) is 3.05. The average Bonchev–Trinajstić information content (AvgIpc) is 2.38. The number of nitrogens with zero attached hydrogens (tertiary/aromatic N) is 1. The van der Waals surface area contributed by atoms with Gasteiger partial charge in [0.2, 0.25) is 0 Å². The zero-order valence-corrected chi connectivity index (χ0v) is 11.7. The van der Waals surface area contributed by atoms with E-state index in [9.17, 15) is 9.59 Å². The fourth-order valence-corrected chi connectivity index (χ4v) is 2.27. The van der Waals surface area contributed by atoms with Crippen molar-refractivity contribution in [3.63, 3.8) is 0 Å². The van der Waals surface area contributed by atoms with Crippen molar-refractivity contribution in [3.05, 3.63) is 40.2 Å². The standard InChI is InChI=1S/C15H17NO4/c1-4-20-12-8-11(15(18)19)7-10-5-6-13(17)16(9(2)3)14(10)12/h5-9H,4H2,1-3H3,(H,18,19). The second-order valence-electron chi connectivity index (χ2n) is 4.79. The lowest BCUT2D eigenvalue weighted by Gasteiger charge is -2.17. The fourth-order valence-electron chi connectivity index (χ4n) is 2.27. The lowest BCUT2D eigenvalue weighted by Crippen LogP contribution is -2.21. The van der Waals surface area contributed by atoms with E-state index < -0.39 is 5.97 Å². The summed E-state index contributed by atoms with van der Waals surface area (Å²) in [6.45, 7) is 6.03. The number of rotatable bonds is 4. The molecule has 0 amide bonds. The van der Waals surface area contributed by atoms with Crippen LogP contribution in [0.1, 0.15) is 37.2 Å². The molecule has 20 heavy (non-hydrogen) atoms. The first-order valence-electron chi connectivity index (χ1n) is 6.51. The van der Waals surface area contributed by atoms with Crippen LogP contribution in [0.3, 0.4) is 0 Å². The van der Waals surface area contributed by atoms with Crippen LogP contribution in [0.15, 0.2) is 29.1 Å². The van der Waals surface area contributed by atoms with Crippen LogP contribution in [0.25, 0.3) is 10.9 Å². The SMILES string of the molecule is CCOc1cc(C(=O)O)cc2ccc(=O)n(C(C)C)c12. The van der Waals surface area contributed by atoms with E-state index in [0.29, 0.717) is 23.3 Å². The number of ether oxygens (including phenoxy) is 1. The Labute approximate surface area is 116 Å². The van der Waals surface area contributed by atoms with E-state index in [0.717, 1.165) is 0 Å². The summed E-state index contributed by atoms with van der Waals surface area (Å²) in [4.78, 5) is 23.2. The van der Waals surface area contributed by atoms with Gasteiger partial charge in [-0.05, 0) is 39.0 Å². The molecule has 0 atom stereocenters. The number of benzene rings is 1. The lowest BCUT2D eigenvalue weighted by molar-refractivity contribution is 0.0696. The Hall–Kier alpha value is -2.30. The quantitative estimate of drug-likeness (QED) is 0.931. The molecule has 0 aliphatic carbocycles. The minimum Gasteiger partial charge on any atom is -0.492 e. The molecular weight excluding hydrogens is 258 g/mol. The molecule has 2 rings (SSSR count). The first kappa shape index (κ1) is 14.1. The molecule has 1 aromatic carbocycles. The molecular formula is C15H17NO4. The van der Waals surface area contributed by atoms with Gasteiger partial charge in [-0.15, -0.1) is 0 Å². The molecule has 0 bridgehead atoms. The first-order valence-corrected chi connectivity index (χ1v) is 6.51. The molecule has 0 spiro atoms. The highest BCUT2D eigenvalue weighted by atomic mass is 16.5. The Balaban J connectivity index is 2.90. The highest BCUT2D eigenvalue weighted by Gasteiger charge is 2.15. The summed E-state index contributed by atoms with van der Waals surface area (Å²) >= 11 is 0. The van der Waals surface area contributed by atoms with Gasteiger partial charge in [0.25, 0.3) is 5.56 Å². The molecule has 0 aliphatic rings. The van der Waals surface area contributed by atoms with Gasteiger partial charge in [-0.3, -0.25) is 4.79 Å². The Morgan fingerprint density at radius 2 is 2.05 bits per heavy atom. The van der Waals surface area contributed by atoms with E-state index in [2.05, 4.69) is 0 Å². The van der Waals surface area contributed by atoms with E-state index in [1.807, 2.05) is 20.8 Å². The van der Waals surface area contributed by atoms with Gasteiger partial charge in [0.05, 0.1) is 17.7 Å². The van der Waals surface area contributed by atoms with Crippen molar-refractivity contribution in [2.75, 3.05) is 6.61 Å². The topological polar surface area (TPSA) is 68.5 Å². The maximum atomic E-state index is 12.0. The molecule has 2 aromatic rings. The molecule has 0 fully saturated rings. The minimum absolute atomic E-state index is 0.0407. The zero-order chi connectivity index (χ0) is 14.9. The number of hydrogen-bond acceptors (Lipinski definition) is 3. The number of aromatic nitrogens is 1. The van der Waals surface area contributed by atoms with Gasteiger partial charge < -0.3 is 14.4 Å². The number of pyridine rings is 1. The molecule has 1 heterocycles. The van der Waals surface area contributed by atoms with Crippen molar-refractivity contribution < 1.29 is 14.6 Å². The summed E-state index contributed by atoms with van der Waals surface area (Å²) in [5.41, 5.74) is 0.658. The smallest absolute Gasteiger partial charge is 0.335 e. The summed E-state index contributed by atoms with van der Waals surface area (Å²) in [7, 11) is 0. The summed E-state index contributed by atoms with van der Waals surface area (Å²) in [6, 6.07) is 6.06. The number of carboxylic acids is 1. The molecule has 0 saturated carbocycles. The fraction of sp³-hybridized carbons (Fsp3) is 0.333.